The number of amides is 2. The first-order valence-corrected chi connectivity index (χ1v) is 9.96. The van der Waals surface area contributed by atoms with Crippen LogP contribution in [-0.4, -0.2) is 61.6 Å². The van der Waals surface area contributed by atoms with Gasteiger partial charge in [-0.15, -0.1) is 0 Å². The fourth-order valence-electron chi connectivity index (χ4n) is 3.73. The zero-order valence-electron chi connectivity index (χ0n) is 16.6. The van der Waals surface area contributed by atoms with Crippen molar-refractivity contribution in [1.82, 2.24) is 4.90 Å². The molecule has 3 rings (SSSR count). The minimum Gasteiger partial charge on any atom is -0.462 e. The number of benzene rings is 1. The molecule has 2 fully saturated rings. The molecule has 28 heavy (non-hydrogen) atoms. The van der Waals surface area contributed by atoms with E-state index in [2.05, 4.69) is 4.90 Å². The van der Waals surface area contributed by atoms with Crippen molar-refractivity contribution in [3.63, 3.8) is 0 Å². The van der Waals surface area contributed by atoms with Crippen LogP contribution in [0, 0.1) is 0 Å². The number of ether oxygens (including phenoxy) is 2. The standard InChI is InChI=1S/C21H28N2O5/c1-3-4-13-28-21(26)15-5-7-16(8-6-15)23-19(24)14-18(20(23)25)22-11-9-17(27-2)10-12-22/h5-8,17-18H,3-4,9-14H2,1-2H3/t18-/m1/s1. The molecule has 0 radical (unpaired) electrons. The van der Waals surface area contributed by atoms with Crippen LogP contribution in [0.3, 0.4) is 0 Å². The Labute approximate surface area is 165 Å². The second-order valence-electron chi connectivity index (χ2n) is 7.29. The van der Waals surface area contributed by atoms with Crippen molar-refractivity contribution in [2.45, 2.75) is 51.2 Å². The first-order valence-electron chi connectivity index (χ1n) is 9.96. The fraction of sp³-hybridized carbons (Fsp3) is 0.571. The van der Waals surface area contributed by atoms with Crippen molar-refractivity contribution in [3.05, 3.63) is 29.8 Å². The number of nitrogens with zero attached hydrogens (tertiary/aromatic N) is 2. The SMILES string of the molecule is CCCCOC(=O)c1ccc(N2C(=O)C[C@@H](N3CCC(OC)CC3)C2=O)cc1. The predicted octanol–water partition coefficient (Wildman–Crippen LogP) is 2.39. The van der Waals surface area contributed by atoms with Gasteiger partial charge in [0.25, 0.3) is 5.91 Å². The molecule has 0 saturated carbocycles. The molecule has 0 unspecified atom stereocenters. The molecule has 2 heterocycles. The maximum Gasteiger partial charge on any atom is 0.338 e. The highest BCUT2D eigenvalue weighted by molar-refractivity contribution is 6.22. The third-order valence-corrected chi connectivity index (χ3v) is 5.47. The second kappa shape index (κ2) is 9.30. The van der Waals surface area contributed by atoms with Crippen molar-refractivity contribution in [3.8, 4) is 0 Å². The van der Waals surface area contributed by atoms with Crippen molar-refractivity contribution < 1.29 is 23.9 Å². The molecule has 1 atom stereocenters. The first kappa shape index (κ1) is 20.5. The summed E-state index contributed by atoms with van der Waals surface area (Å²) in [5.41, 5.74) is 0.909. The van der Waals surface area contributed by atoms with Gasteiger partial charge < -0.3 is 9.47 Å². The maximum absolute atomic E-state index is 12.9. The van der Waals surface area contributed by atoms with Gasteiger partial charge >= 0.3 is 5.97 Å². The molecule has 2 aliphatic rings. The zero-order chi connectivity index (χ0) is 20.1. The minimum atomic E-state index is -0.413. The molecule has 0 bridgehead atoms. The summed E-state index contributed by atoms with van der Waals surface area (Å²) in [6, 6.07) is 6.05. The summed E-state index contributed by atoms with van der Waals surface area (Å²) in [4.78, 5) is 40.7. The van der Waals surface area contributed by atoms with E-state index in [9.17, 15) is 14.4 Å². The summed E-state index contributed by atoms with van der Waals surface area (Å²) >= 11 is 0. The van der Waals surface area contributed by atoms with Crippen molar-refractivity contribution in [2.75, 3.05) is 31.7 Å². The molecule has 1 aromatic carbocycles. The number of carbonyl (C=O) groups is 3. The van der Waals surface area contributed by atoms with Gasteiger partial charge in [-0.3, -0.25) is 14.5 Å². The summed E-state index contributed by atoms with van der Waals surface area (Å²) < 4.78 is 10.6. The van der Waals surface area contributed by atoms with Gasteiger partial charge in [-0.05, 0) is 43.5 Å². The van der Waals surface area contributed by atoms with Gasteiger partial charge in [-0.2, -0.15) is 0 Å². The zero-order valence-corrected chi connectivity index (χ0v) is 16.6. The van der Waals surface area contributed by atoms with Crippen molar-refractivity contribution in [2.24, 2.45) is 0 Å². The number of imide groups is 1. The van der Waals surface area contributed by atoms with E-state index in [1.165, 1.54) is 4.90 Å². The van der Waals surface area contributed by atoms with Gasteiger partial charge in [0.15, 0.2) is 0 Å². The molecule has 7 heteroatoms. The lowest BCUT2D eigenvalue weighted by Crippen LogP contribution is -2.47. The Bertz CT molecular complexity index is 710. The van der Waals surface area contributed by atoms with E-state index in [4.69, 9.17) is 9.47 Å². The van der Waals surface area contributed by atoms with Gasteiger partial charge in [-0.25, -0.2) is 9.69 Å². The van der Waals surface area contributed by atoms with E-state index >= 15 is 0 Å². The van der Waals surface area contributed by atoms with E-state index in [1.54, 1.807) is 31.4 Å². The van der Waals surface area contributed by atoms with E-state index < -0.39 is 12.0 Å². The summed E-state index contributed by atoms with van der Waals surface area (Å²) in [7, 11) is 1.70. The van der Waals surface area contributed by atoms with Crippen LogP contribution >= 0.6 is 0 Å². The smallest absolute Gasteiger partial charge is 0.338 e. The van der Waals surface area contributed by atoms with Crippen LogP contribution in [0.25, 0.3) is 0 Å². The minimum absolute atomic E-state index is 0.192. The quantitative estimate of drug-likeness (QED) is 0.406. The number of likely N-dealkylation sites (tertiary alicyclic amines) is 1. The first-order chi connectivity index (χ1) is 13.5. The van der Waals surface area contributed by atoms with Gasteiger partial charge in [0.2, 0.25) is 5.91 Å². The molecule has 2 amide bonds. The molecule has 152 valence electrons. The molecule has 1 aromatic rings. The van der Waals surface area contributed by atoms with Crippen LogP contribution in [0.4, 0.5) is 5.69 Å². The molecular weight excluding hydrogens is 360 g/mol. The van der Waals surface area contributed by atoms with Crippen LogP contribution in [0.15, 0.2) is 24.3 Å². The van der Waals surface area contributed by atoms with Gasteiger partial charge in [0.05, 0.1) is 36.4 Å². The fourth-order valence-corrected chi connectivity index (χ4v) is 3.73. The largest absolute Gasteiger partial charge is 0.462 e. The highest BCUT2D eigenvalue weighted by atomic mass is 16.5. The average Bonchev–Trinajstić information content (AvgIpc) is 3.02. The van der Waals surface area contributed by atoms with Crippen LogP contribution in [0.1, 0.15) is 49.4 Å². The Hall–Kier alpha value is -2.25. The number of anilines is 1. The van der Waals surface area contributed by atoms with Gasteiger partial charge in [0.1, 0.15) is 0 Å². The summed E-state index contributed by atoms with van der Waals surface area (Å²) in [6.07, 6.45) is 3.92. The van der Waals surface area contributed by atoms with Crippen molar-refractivity contribution in [1.29, 1.82) is 0 Å². The van der Waals surface area contributed by atoms with Crippen LogP contribution in [0.5, 0.6) is 0 Å². The van der Waals surface area contributed by atoms with E-state index in [0.29, 0.717) is 17.9 Å². The van der Waals surface area contributed by atoms with Gasteiger partial charge in [-0.1, -0.05) is 13.3 Å². The lowest BCUT2D eigenvalue weighted by molar-refractivity contribution is -0.123. The normalized spacial score (nSPS) is 21.4. The Balaban J connectivity index is 1.64. The van der Waals surface area contributed by atoms with Crippen molar-refractivity contribution >= 4 is 23.5 Å². The van der Waals surface area contributed by atoms with Gasteiger partial charge in [0, 0.05) is 20.2 Å². The molecule has 7 nitrogen and oxygen atoms in total. The number of esters is 1. The maximum atomic E-state index is 12.9. The third-order valence-electron chi connectivity index (χ3n) is 5.47. The molecular formula is C21H28N2O5. The third kappa shape index (κ3) is 4.42. The predicted molar refractivity (Wildman–Crippen MR) is 104 cm³/mol. The lowest BCUT2D eigenvalue weighted by Gasteiger charge is -2.34. The molecule has 2 saturated heterocycles. The molecule has 0 aromatic heterocycles. The lowest BCUT2D eigenvalue weighted by atomic mass is 10.0. The summed E-state index contributed by atoms with van der Waals surface area (Å²) in [5.74, 6) is -0.792. The molecule has 0 aliphatic carbocycles. The summed E-state index contributed by atoms with van der Waals surface area (Å²) in [5, 5.41) is 0. The number of hydrogen-bond donors (Lipinski definition) is 0. The molecule has 0 N–H and O–H groups in total. The number of piperidine rings is 1. The van der Waals surface area contributed by atoms with Crippen LogP contribution < -0.4 is 4.90 Å². The Kier molecular flexibility index (Phi) is 6.80. The van der Waals surface area contributed by atoms with E-state index in [-0.39, 0.29) is 24.3 Å². The summed E-state index contributed by atoms with van der Waals surface area (Å²) in [6.45, 7) is 3.92. The highest BCUT2D eigenvalue weighted by Gasteiger charge is 2.43. The number of carbonyl (C=O) groups excluding carboxylic acids is 3. The Morgan fingerprint density at radius 3 is 2.43 bits per heavy atom. The second-order valence-corrected chi connectivity index (χ2v) is 7.29. The molecule has 0 spiro atoms. The van der Waals surface area contributed by atoms with Crippen LogP contribution in [0.2, 0.25) is 0 Å². The van der Waals surface area contributed by atoms with Crippen LogP contribution in [-0.2, 0) is 19.1 Å². The number of hydrogen-bond acceptors (Lipinski definition) is 6. The number of methoxy groups -OCH3 is 1. The monoisotopic (exact) mass is 388 g/mol. The average molecular weight is 388 g/mol. The highest BCUT2D eigenvalue weighted by Crippen LogP contribution is 2.28. The topological polar surface area (TPSA) is 76.2 Å². The number of rotatable bonds is 7. The Morgan fingerprint density at radius 1 is 1.14 bits per heavy atom. The molecule has 2 aliphatic heterocycles. The van der Waals surface area contributed by atoms with E-state index in [1.807, 2.05) is 6.92 Å². The van der Waals surface area contributed by atoms with E-state index in [0.717, 1.165) is 38.8 Å². The Morgan fingerprint density at radius 2 is 1.82 bits per heavy atom. The number of unbranched alkanes of at least 4 members (excludes halogenated alkanes) is 1.